The van der Waals surface area contributed by atoms with Crippen LogP contribution in [0.1, 0.15) is 38.8 Å². The van der Waals surface area contributed by atoms with Crippen LogP contribution in [-0.4, -0.2) is 23.9 Å². The Balaban J connectivity index is 1.98. The van der Waals surface area contributed by atoms with E-state index in [1.165, 1.54) is 88.4 Å². The Morgan fingerprint density at radius 3 is 1.46 bits per heavy atom. The molecule has 0 heterocycles. The zero-order valence-corrected chi connectivity index (χ0v) is 25.6. The Hall–Kier alpha value is -5.90. The maximum absolute atomic E-state index is 15.4. The van der Waals surface area contributed by atoms with Crippen molar-refractivity contribution in [2.45, 2.75) is 27.7 Å². The lowest BCUT2D eigenvalue weighted by Gasteiger charge is -2.13. The van der Waals surface area contributed by atoms with Crippen molar-refractivity contribution in [2.75, 3.05) is 0 Å². The highest BCUT2D eigenvalue weighted by Crippen LogP contribution is 2.36. The van der Waals surface area contributed by atoms with Gasteiger partial charge in [-0.15, -0.1) is 0 Å². The summed E-state index contributed by atoms with van der Waals surface area (Å²) in [5.41, 5.74) is 0.581. The molecule has 3 aromatic carbocycles. The van der Waals surface area contributed by atoms with Gasteiger partial charge in [0.25, 0.3) is 0 Å². The Morgan fingerprint density at radius 2 is 0.978 bits per heavy atom. The zero-order chi connectivity index (χ0) is 34.3. The van der Waals surface area contributed by atoms with Crippen LogP contribution in [0.3, 0.4) is 0 Å². The summed E-state index contributed by atoms with van der Waals surface area (Å²) in [6.45, 7) is 19.8. The second kappa shape index (κ2) is 14.7. The van der Waals surface area contributed by atoms with Gasteiger partial charge in [-0.3, -0.25) is 0 Å². The molecule has 0 bridgehead atoms. The Bertz CT molecular complexity index is 1850. The molecule has 8 nitrogen and oxygen atoms in total. The number of carbonyl (C=O) groups is 4. The minimum atomic E-state index is -1.20. The molecular formula is C36H30F2O8. The number of esters is 4. The predicted octanol–water partition coefficient (Wildman–Crippen LogP) is 7.73. The molecule has 0 unspecified atom stereocenters. The fourth-order valence-corrected chi connectivity index (χ4v) is 3.48. The highest BCUT2D eigenvalue weighted by atomic mass is 19.2. The van der Waals surface area contributed by atoms with E-state index in [2.05, 4.69) is 26.3 Å². The summed E-state index contributed by atoms with van der Waals surface area (Å²) in [5, 5.41) is 0. The molecule has 46 heavy (non-hydrogen) atoms. The normalized spacial score (nSPS) is 10.6. The van der Waals surface area contributed by atoms with E-state index in [9.17, 15) is 19.2 Å². The molecule has 0 N–H and O–H groups in total. The Labute approximate surface area is 264 Å². The first-order valence-corrected chi connectivity index (χ1v) is 13.5. The van der Waals surface area contributed by atoms with Gasteiger partial charge in [-0.05, 0) is 63.1 Å². The molecule has 3 aromatic rings. The van der Waals surface area contributed by atoms with E-state index in [1.807, 2.05) is 0 Å². The van der Waals surface area contributed by atoms with Gasteiger partial charge in [-0.1, -0.05) is 62.7 Å². The van der Waals surface area contributed by atoms with E-state index in [-0.39, 0.29) is 62.0 Å². The second-order valence-electron chi connectivity index (χ2n) is 10.2. The van der Waals surface area contributed by atoms with Crippen LogP contribution < -0.4 is 18.9 Å². The van der Waals surface area contributed by atoms with Crippen molar-refractivity contribution in [3.8, 4) is 34.1 Å². The number of halogens is 2. The van der Waals surface area contributed by atoms with Gasteiger partial charge >= 0.3 is 23.9 Å². The smallest absolute Gasteiger partial charge is 0.338 e. The summed E-state index contributed by atoms with van der Waals surface area (Å²) >= 11 is 0. The third kappa shape index (κ3) is 8.60. The SMILES string of the molecule is C=C(C)C(=O)Oc1ccc(C=Cc2ccc(-c3ccc(OC(=O)C(=C)C)c(OC(=O)C(=C)C)c3)c(F)c2F)cc1OC(=O)C(=C)C. The topological polar surface area (TPSA) is 105 Å². The van der Waals surface area contributed by atoms with Crippen molar-refractivity contribution < 1.29 is 46.9 Å². The molecule has 0 saturated heterocycles. The van der Waals surface area contributed by atoms with Gasteiger partial charge in [0, 0.05) is 33.4 Å². The molecular weight excluding hydrogens is 598 g/mol. The van der Waals surface area contributed by atoms with Crippen molar-refractivity contribution in [1.82, 2.24) is 0 Å². The molecule has 3 rings (SSSR count). The average molecular weight is 629 g/mol. The van der Waals surface area contributed by atoms with Crippen LogP contribution in [0.2, 0.25) is 0 Å². The van der Waals surface area contributed by atoms with E-state index in [0.29, 0.717) is 5.56 Å². The van der Waals surface area contributed by atoms with E-state index in [0.717, 1.165) is 0 Å². The van der Waals surface area contributed by atoms with Gasteiger partial charge in [-0.25, -0.2) is 28.0 Å². The second-order valence-corrected chi connectivity index (χ2v) is 10.2. The third-order valence-corrected chi connectivity index (χ3v) is 5.99. The first-order chi connectivity index (χ1) is 21.6. The van der Waals surface area contributed by atoms with Crippen molar-refractivity contribution >= 4 is 36.0 Å². The molecule has 0 aliphatic carbocycles. The third-order valence-electron chi connectivity index (χ3n) is 5.99. The first kappa shape index (κ1) is 34.6. The minimum Gasteiger partial charge on any atom is -0.419 e. The maximum atomic E-state index is 15.4. The number of hydrogen-bond donors (Lipinski definition) is 0. The summed E-state index contributed by atoms with van der Waals surface area (Å²) in [5.74, 6) is -6.02. The molecule has 0 amide bonds. The number of carbonyl (C=O) groups excluding carboxylic acids is 4. The molecule has 0 saturated carbocycles. The van der Waals surface area contributed by atoms with Gasteiger partial charge in [-0.2, -0.15) is 0 Å². The summed E-state index contributed by atoms with van der Waals surface area (Å²) in [6.07, 6.45) is 2.72. The lowest BCUT2D eigenvalue weighted by Crippen LogP contribution is -2.13. The lowest BCUT2D eigenvalue weighted by molar-refractivity contribution is -0.132. The molecule has 0 aliphatic rings. The van der Waals surface area contributed by atoms with Crippen LogP contribution in [-0.2, 0) is 19.2 Å². The van der Waals surface area contributed by atoms with Crippen LogP contribution in [0.4, 0.5) is 8.78 Å². The standard InChI is InChI=1S/C36H30F2O8/c1-19(2)33(39)43-27-15-10-23(17-29(27)45-35(41)21(5)6)9-11-24-12-14-26(32(38)31(24)37)25-13-16-28(44-34(40)20(3)4)30(18-25)46-36(42)22(7)8/h9-18H,1,3,5,7H2,2,4,6,8H3. The molecule has 0 fully saturated rings. The van der Waals surface area contributed by atoms with E-state index in [1.54, 1.807) is 0 Å². The molecule has 0 atom stereocenters. The molecule has 0 aromatic heterocycles. The quantitative estimate of drug-likeness (QED) is 0.0920. The molecule has 0 spiro atoms. The predicted molar refractivity (Wildman–Crippen MR) is 169 cm³/mol. The largest absolute Gasteiger partial charge is 0.419 e. The van der Waals surface area contributed by atoms with Crippen LogP contribution in [0.25, 0.3) is 23.3 Å². The highest BCUT2D eigenvalue weighted by Gasteiger charge is 2.20. The summed E-state index contributed by atoms with van der Waals surface area (Å²) in [4.78, 5) is 48.5. The minimum absolute atomic E-state index is 0.0552. The number of benzene rings is 3. The van der Waals surface area contributed by atoms with E-state index in [4.69, 9.17) is 18.9 Å². The lowest BCUT2D eigenvalue weighted by atomic mass is 10.0. The van der Waals surface area contributed by atoms with Gasteiger partial charge in [0.05, 0.1) is 0 Å². The summed E-state index contributed by atoms with van der Waals surface area (Å²) < 4.78 is 51.7. The van der Waals surface area contributed by atoms with Crippen LogP contribution >= 0.6 is 0 Å². The van der Waals surface area contributed by atoms with Crippen molar-refractivity contribution in [3.05, 3.63) is 120 Å². The monoisotopic (exact) mass is 628 g/mol. The molecule has 0 radical (unpaired) electrons. The molecule has 0 aliphatic heterocycles. The number of ether oxygens (including phenoxy) is 4. The van der Waals surface area contributed by atoms with Gasteiger partial charge in [0.1, 0.15) is 0 Å². The number of rotatable bonds is 11. The van der Waals surface area contributed by atoms with Crippen molar-refractivity contribution in [3.63, 3.8) is 0 Å². The van der Waals surface area contributed by atoms with Crippen LogP contribution in [0.15, 0.2) is 97.1 Å². The summed E-state index contributed by atoms with van der Waals surface area (Å²) in [6, 6.07) is 10.8. The fourth-order valence-electron chi connectivity index (χ4n) is 3.48. The van der Waals surface area contributed by atoms with E-state index >= 15 is 8.78 Å². The Kier molecular flexibility index (Phi) is 11.1. The average Bonchev–Trinajstić information content (AvgIpc) is 2.99. The van der Waals surface area contributed by atoms with Gasteiger partial charge in [0.2, 0.25) is 0 Å². The van der Waals surface area contributed by atoms with Crippen molar-refractivity contribution in [1.29, 1.82) is 0 Å². The first-order valence-electron chi connectivity index (χ1n) is 13.5. The van der Waals surface area contributed by atoms with Crippen LogP contribution in [0.5, 0.6) is 23.0 Å². The van der Waals surface area contributed by atoms with Gasteiger partial charge < -0.3 is 18.9 Å². The molecule has 10 heteroatoms. The highest BCUT2D eigenvalue weighted by molar-refractivity contribution is 5.92. The Morgan fingerprint density at radius 1 is 0.543 bits per heavy atom. The number of hydrogen-bond acceptors (Lipinski definition) is 8. The molecule has 236 valence electrons. The zero-order valence-electron chi connectivity index (χ0n) is 25.6. The van der Waals surface area contributed by atoms with Gasteiger partial charge in [0.15, 0.2) is 34.6 Å². The van der Waals surface area contributed by atoms with E-state index < -0.39 is 35.5 Å². The maximum Gasteiger partial charge on any atom is 0.338 e. The van der Waals surface area contributed by atoms with Crippen molar-refractivity contribution in [2.24, 2.45) is 0 Å². The summed E-state index contributed by atoms with van der Waals surface area (Å²) in [7, 11) is 0. The fraction of sp³-hybridized carbons (Fsp3) is 0.111. The van der Waals surface area contributed by atoms with Crippen LogP contribution in [0, 0.1) is 11.6 Å².